The van der Waals surface area contributed by atoms with E-state index >= 15 is 0 Å². The molecule has 0 bridgehead atoms. The van der Waals surface area contributed by atoms with Crippen molar-refractivity contribution in [2.75, 3.05) is 5.75 Å². The Balaban J connectivity index is 2.73. The maximum absolute atomic E-state index is 10.5. The molecule has 1 heterocycles. The molecule has 1 aromatic heterocycles. The monoisotopic (exact) mass is 243 g/mol. The smallest absolute Gasteiger partial charge is 0.313 e. The standard InChI is InChI=1S/C10H17N3O2S/c1-4-7(2)5-13-8(3)11-12-10(13)16-6-9(14)15/h7H,4-6H2,1-3H3,(H,14,15). The number of aliphatic carboxylic acids is 1. The maximum Gasteiger partial charge on any atom is 0.313 e. The van der Waals surface area contributed by atoms with Gasteiger partial charge in [0.15, 0.2) is 5.16 Å². The number of aromatic nitrogens is 3. The topological polar surface area (TPSA) is 68.0 Å². The first-order valence-electron chi connectivity index (χ1n) is 5.29. The Morgan fingerprint density at radius 2 is 2.25 bits per heavy atom. The molecule has 0 aliphatic rings. The average Bonchev–Trinajstić information content (AvgIpc) is 2.57. The van der Waals surface area contributed by atoms with Crippen LogP contribution in [0.5, 0.6) is 0 Å². The minimum atomic E-state index is -0.833. The van der Waals surface area contributed by atoms with Crippen molar-refractivity contribution in [2.24, 2.45) is 5.92 Å². The van der Waals surface area contributed by atoms with E-state index < -0.39 is 5.97 Å². The van der Waals surface area contributed by atoms with Gasteiger partial charge in [-0.15, -0.1) is 10.2 Å². The number of thioether (sulfide) groups is 1. The van der Waals surface area contributed by atoms with Gasteiger partial charge in [-0.05, 0) is 12.8 Å². The van der Waals surface area contributed by atoms with E-state index in [1.165, 1.54) is 11.8 Å². The van der Waals surface area contributed by atoms with Gasteiger partial charge < -0.3 is 9.67 Å². The van der Waals surface area contributed by atoms with Gasteiger partial charge in [0.1, 0.15) is 5.82 Å². The number of nitrogens with zero attached hydrogens (tertiary/aromatic N) is 3. The molecular weight excluding hydrogens is 226 g/mol. The maximum atomic E-state index is 10.5. The highest BCUT2D eigenvalue weighted by Gasteiger charge is 2.12. The third kappa shape index (κ3) is 3.52. The van der Waals surface area contributed by atoms with E-state index in [0.29, 0.717) is 11.1 Å². The molecule has 6 heteroatoms. The lowest BCUT2D eigenvalue weighted by molar-refractivity contribution is -0.133. The van der Waals surface area contributed by atoms with Crippen LogP contribution in [0.25, 0.3) is 0 Å². The van der Waals surface area contributed by atoms with Crippen molar-refractivity contribution < 1.29 is 9.90 Å². The van der Waals surface area contributed by atoms with Gasteiger partial charge in [-0.1, -0.05) is 32.0 Å². The van der Waals surface area contributed by atoms with Crippen molar-refractivity contribution in [1.29, 1.82) is 0 Å². The van der Waals surface area contributed by atoms with Crippen LogP contribution in [-0.2, 0) is 11.3 Å². The van der Waals surface area contributed by atoms with Crippen LogP contribution in [0.3, 0.4) is 0 Å². The van der Waals surface area contributed by atoms with Gasteiger partial charge in [-0.2, -0.15) is 0 Å². The lowest BCUT2D eigenvalue weighted by atomic mass is 10.1. The van der Waals surface area contributed by atoms with E-state index in [2.05, 4.69) is 24.0 Å². The van der Waals surface area contributed by atoms with Crippen LogP contribution in [0, 0.1) is 12.8 Å². The number of hydrogen-bond donors (Lipinski definition) is 1. The third-order valence-electron chi connectivity index (χ3n) is 2.42. The SMILES string of the molecule is CCC(C)Cn1c(C)nnc1SCC(=O)O. The first kappa shape index (κ1) is 13.0. The Bertz CT molecular complexity index is 365. The summed E-state index contributed by atoms with van der Waals surface area (Å²) >= 11 is 1.22. The first-order valence-corrected chi connectivity index (χ1v) is 6.27. The molecule has 1 rings (SSSR count). The molecule has 0 aliphatic carbocycles. The molecule has 5 nitrogen and oxygen atoms in total. The van der Waals surface area contributed by atoms with E-state index in [1.54, 1.807) is 0 Å². The molecule has 1 atom stereocenters. The van der Waals surface area contributed by atoms with Gasteiger partial charge in [0, 0.05) is 6.54 Å². The Kier molecular flexibility index (Phi) is 4.79. The molecular formula is C10H17N3O2S. The summed E-state index contributed by atoms with van der Waals surface area (Å²) in [4.78, 5) is 10.5. The van der Waals surface area contributed by atoms with Crippen molar-refractivity contribution in [2.45, 2.75) is 38.9 Å². The van der Waals surface area contributed by atoms with Crippen LogP contribution in [-0.4, -0.2) is 31.6 Å². The van der Waals surface area contributed by atoms with E-state index in [0.717, 1.165) is 18.8 Å². The third-order valence-corrected chi connectivity index (χ3v) is 3.37. The summed E-state index contributed by atoms with van der Waals surface area (Å²) in [6.45, 7) is 7.02. The van der Waals surface area contributed by atoms with E-state index in [4.69, 9.17) is 5.11 Å². The molecule has 0 radical (unpaired) electrons. The molecule has 16 heavy (non-hydrogen) atoms. The zero-order chi connectivity index (χ0) is 12.1. The fourth-order valence-corrected chi connectivity index (χ4v) is 1.96. The zero-order valence-corrected chi connectivity index (χ0v) is 10.6. The van der Waals surface area contributed by atoms with E-state index in [-0.39, 0.29) is 5.75 Å². The average molecular weight is 243 g/mol. The van der Waals surface area contributed by atoms with Crippen molar-refractivity contribution >= 4 is 17.7 Å². The van der Waals surface area contributed by atoms with Gasteiger partial charge in [0.05, 0.1) is 5.75 Å². The minimum absolute atomic E-state index is 0.0264. The number of aryl methyl sites for hydroxylation is 1. The Morgan fingerprint density at radius 3 is 2.81 bits per heavy atom. The highest BCUT2D eigenvalue weighted by Crippen LogP contribution is 2.18. The zero-order valence-electron chi connectivity index (χ0n) is 9.80. The molecule has 1 unspecified atom stereocenters. The van der Waals surface area contributed by atoms with E-state index in [1.807, 2.05) is 11.5 Å². The predicted octanol–water partition coefficient (Wildman–Crippen LogP) is 1.81. The largest absolute Gasteiger partial charge is 0.481 e. The van der Waals surface area contributed by atoms with Crippen molar-refractivity contribution in [3.05, 3.63) is 5.82 Å². The number of carboxylic acids is 1. The summed E-state index contributed by atoms with van der Waals surface area (Å²) in [5, 5.41) is 17.3. The lowest BCUT2D eigenvalue weighted by Gasteiger charge is -2.12. The molecule has 0 spiro atoms. The van der Waals surface area contributed by atoms with Gasteiger partial charge in [0.2, 0.25) is 0 Å². The van der Waals surface area contributed by atoms with Gasteiger partial charge in [-0.3, -0.25) is 4.79 Å². The van der Waals surface area contributed by atoms with Crippen LogP contribution >= 0.6 is 11.8 Å². The summed E-state index contributed by atoms with van der Waals surface area (Å²) in [5.41, 5.74) is 0. The van der Waals surface area contributed by atoms with Crippen LogP contribution in [0.1, 0.15) is 26.1 Å². The quantitative estimate of drug-likeness (QED) is 0.772. The molecule has 0 aromatic carbocycles. The summed E-state index contributed by atoms with van der Waals surface area (Å²) < 4.78 is 1.99. The lowest BCUT2D eigenvalue weighted by Crippen LogP contribution is -2.10. The second kappa shape index (κ2) is 5.89. The molecule has 0 amide bonds. The highest BCUT2D eigenvalue weighted by atomic mass is 32.2. The van der Waals surface area contributed by atoms with Gasteiger partial charge >= 0.3 is 5.97 Å². The molecule has 0 saturated heterocycles. The summed E-state index contributed by atoms with van der Waals surface area (Å²) in [6.07, 6.45) is 1.08. The predicted molar refractivity (Wildman–Crippen MR) is 62.6 cm³/mol. The normalized spacial score (nSPS) is 12.7. The summed E-state index contributed by atoms with van der Waals surface area (Å²) in [6, 6.07) is 0. The number of carbonyl (C=O) groups is 1. The molecule has 90 valence electrons. The Labute approximate surface area is 99.3 Å². The Morgan fingerprint density at radius 1 is 1.56 bits per heavy atom. The second-order valence-electron chi connectivity index (χ2n) is 3.84. The van der Waals surface area contributed by atoms with Crippen LogP contribution in [0.2, 0.25) is 0 Å². The van der Waals surface area contributed by atoms with Crippen LogP contribution in [0.15, 0.2) is 5.16 Å². The molecule has 1 N–H and O–H groups in total. The minimum Gasteiger partial charge on any atom is -0.481 e. The second-order valence-corrected chi connectivity index (χ2v) is 4.78. The van der Waals surface area contributed by atoms with Crippen molar-refractivity contribution in [1.82, 2.24) is 14.8 Å². The summed E-state index contributed by atoms with van der Waals surface area (Å²) in [7, 11) is 0. The highest BCUT2D eigenvalue weighted by molar-refractivity contribution is 7.99. The Hall–Kier alpha value is -1.04. The van der Waals surface area contributed by atoms with Crippen LogP contribution in [0.4, 0.5) is 0 Å². The van der Waals surface area contributed by atoms with E-state index in [9.17, 15) is 4.79 Å². The number of carboxylic acid groups (broad SMARTS) is 1. The first-order chi connectivity index (χ1) is 7.54. The summed E-state index contributed by atoms with van der Waals surface area (Å²) in [5.74, 6) is 0.575. The molecule has 0 fully saturated rings. The molecule has 1 aromatic rings. The number of hydrogen-bond acceptors (Lipinski definition) is 4. The van der Waals surface area contributed by atoms with Crippen LogP contribution < -0.4 is 0 Å². The van der Waals surface area contributed by atoms with Gasteiger partial charge in [0.25, 0.3) is 0 Å². The number of rotatable bonds is 6. The van der Waals surface area contributed by atoms with Gasteiger partial charge in [-0.25, -0.2) is 0 Å². The molecule has 0 saturated carbocycles. The fraction of sp³-hybridized carbons (Fsp3) is 0.700. The molecule has 0 aliphatic heterocycles. The van der Waals surface area contributed by atoms with Crippen molar-refractivity contribution in [3.63, 3.8) is 0 Å². The van der Waals surface area contributed by atoms with Crippen molar-refractivity contribution in [3.8, 4) is 0 Å². The fourth-order valence-electron chi connectivity index (χ4n) is 1.25.